The van der Waals surface area contributed by atoms with Crippen LogP contribution in [0.5, 0.6) is 0 Å². The van der Waals surface area contributed by atoms with Gasteiger partial charge in [-0.25, -0.2) is 4.79 Å². The van der Waals surface area contributed by atoms with E-state index in [0.29, 0.717) is 13.0 Å². The topological polar surface area (TPSA) is 120 Å². The third-order valence-corrected chi connectivity index (χ3v) is 7.36. The normalized spacial score (nSPS) is 18.0. The van der Waals surface area contributed by atoms with E-state index in [1.54, 1.807) is 0 Å². The molecule has 0 spiro atoms. The largest absolute Gasteiger partial charge is 0.445 e. The molecule has 9 heteroatoms. The molecule has 0 saturated carbocycles. The van der Waals surface area contributed by atoms with Crippen LogP contribution in [0.15, 0.2) is 60.7 Å². The first kappa shape index (κ1) is 33.1. The number of amides is 3. The van der Waals surface area contributed by atoms with Crippen molar-refractivity contribution in [2.75, 3.05) is 13.1 Å². The van der Waals surface area contributed by atoms with Crippen LogP contribution in [0, 0.1) is 5.92 Å². The Morgan fingerprint density at radius 2 is 1.57 bits per heavy atom. The molecule has 4 N–H and O–H groups in total. The average Bonchev–Trinajstić information content (AvgIpc) is 2.94. The summed E-state index contributed by atoms with van der Waals surface area (Å²) in [5.41, 5.74) is 1.44. The molecule has 9 nitrogen and oxygen atoms in total. The molecule has 42 heavy (non-hydrogen) atoms. The predicted octanol–water partition coefficient (Wildman–Crippen LogP) is 3.80. The lowest BCUT2D eigenvalue weighted by Gasteiger charge is -2.39. The van der Waals surface area contributed by atoms with Crippen LogP contribution in [0.4, 0.5) is 4.79 Å². The first-order valence-electron chi connectivity index (χ1n) is 15.0. The van der Waals surface area contributed by atoms with Crippen molar-refractivity contribution in [3.63, 3.8) is 0 Å². The van der Waals surface area contributed by atoms with E-state index in [9.17, 15) is 19.5 Å². The first-order valence-corrected chi connectivity index (χ1v) is 15.0. The van der Waals surface area contributed by atoms with Crippen LogP contribution in [-0.4, -0.2) is 70.8 Å². The summed E-state index contributed by atoms with van der Waals surface area (Å²) in [5, 5.41) is 20.3. The van der Waals surface area contributed by atoms with Gasteiger partial charge in [0.05, 0.1) is 18.2 Å². The Morgan fingerprint density at radius 1 is 0.952 bits per heavy atom. The molecule has 0 aromatic heterocycles. The Morgan fingerprint density at radius 3 is 2.17 bits per heavy atom. The summed E-state index contributed by atoms with van der Waals surface area (Å²) < 4.78 is 5.35. The number of nitrogens with one attached hydrogen (secondary N) is 3. The number of piperidine rings is 1. The van der Waals surface area contributed by atoms with Gasteiger partial charge in [0.25, 0.3) is 0 Å². The Balaban J connectivity index is 1.71. The third kappa shape index (κ3) is 10.8. The number of ether oxygens (including phenoxy) is 1. The number of hydrogen-bond acceptors (Lipinski definition) is 6. The van der Waals surface area contributed by atoms with Gasteiger partial charge in [0.2, 0.25) is 11.8 Å². The molecule has 3 amide bonds. The number of aliphatic hydroxyl groups excluding tert-OH is 1. The van der Waals surface area contributed by atoms with Gasteiger partial charge < -0.3 is 25.8 Å². The number of likely N-dealkylation sites (tertiary alicyclic amines) is 1. The quantitative estimate of drug-likeness (QED) is 0.303. The van der Waals surface area contributed by atoms with E-state index in [-0.39, 0.29) is 36.6 Å². The lowest BCUT2D eigenvalue weighted by Crippen LogP contribution is -2.59. The molecule has 2 aromatic carbocycles. The van der Waals surface area contributed by atoms with Crippen molar-refractivity contribution in [2.24, 2.45) is 5.92 Å². The third-order valence-electron chi connectivity index (χ3n) is 7.36. The minimum absolute atomic E-state index is 0.0452. The van der Waals surface area contributed by atoms with Gasteiger partial charge in [-0.1, -0.05) is 80.9 Å². The van der Waals surface area contributed by atoms with Crippen LogP contribution in [0.2, 0.25) is 0 Å². The Kier molecular flexibility index (Phi) is 12.4. The van der Waals surface area contributed by atoms with Crippen LogP contribution in [0.1, 0.15) is 65.0 Å². The van der Waals surface area contributed by atoms with E-state index < -0.39 is 30.2 Å². The molecule has 1 aliphatic rings. The molecular weight excluding hydrogens is 532 g/mol. The molecule has 0 aliphatic carbocycles. The summed E-state index contributed by atoms with van der Waals surface area (Å²) in [7, 11) is 0. The maximum absolute atomic E-state index is 13.6. The molecule has 2 aromatic rings. The van der Waals surface area contributed by atoms with E-state index in [4.69, 9.17) is 4.74 Å². The van der Waals surface area contributed by atoms with Gasteiger partial charge in [-0.05, 0) is 63.6 Å². The van der Waals surface area contributed by atoms with E-state index in [2.05, 4.69) is 16.0 Å². The zero-order valence-corrected chi connectivity index (χ0v) is 25.6. The van der Waals surface area contributed by atoms with Crippen LogP contribution in [0.3, 0.4) is 0 Å². The summed E-state index contributed by atoms with van der Waals surface area (Å²) in [4.78, 5) is 41.3. The highest BCUT2D eigenvalue weighted by Crippen LogP contribution is 2.20. The van der Waals surface area contributed by atoms with Crippen LogP contribution in [0.25, 0.3) is 0 Å². The van der Waals surface area contributed by atoms with E-state index in [1.807, 2.05) is 100 Å². The van der Waals surface area contributed by atoms with Crippen molar-refractivity contribution in [1.82, 2.24) is 20.9 Å². The molecular formula is C33H48N4O5. The smallest absolute Gasteiger partial charge is 0.408 e. The van der Waals surface area contributed by atoms with Crippen LogP contribution >= 0.6 is 0 Å². The van der Waals surface area contributed by atoms with E-state index >= 15 is 0 Å². The van der Waals surface area contributed by atoms with Crippen molar-refractivity contribution in [1.29, 1.82) is 0 Å². The zero-order valence-electron chi connectivity index (χ0n) is 25.6. The number of aliphatic hydroxyl groups is 1. The van der Waals surface area contributed by atoms with Gasteiger partial charge >= 0.3 is 6.09 Å². The fraction of sp³-hybridized carbons (Fsp3) is 0.545. The molecule has 1 saturated heterocycles. The predicted molar refractivity (Wildman–Crippen MR) is 164 cm³/mol. The standard InChI is InChI=1S/C33H48N4O5/c1-23(2)29(35-32(41)42-22-25-16-10-7-11-17-25)31(40)34-26(20-24-14-8-6-9-15-24)28(38)21-37-19-13-12-18-27(37)30(39)36-33(3,4)5/h6-11,14-17,23,26-29,38H,12-13,18-22H2,1-5H3,(H,34,40)(H,35,41)(H,36,39)/t26?,27-,28?,29-/m0/s1. The van der Waals surface area contributed by atoms with Crippen molar-refractivity contribution >= 4 is 17.9 Å². The van der Waals surface area contributed by atoms with E-state index in [1.165, 1.54) is 0 Å². The maximum Gasteiger partial charge on any atom is 0.408 e. The summed E-state index contributed by atoms with van der Waals surface area (Å²) in [6, 6.07) is 17.1. The lowest BCUT2D eigenvalue weighted by atomic mass is 9.95. The van der Waals surface area contributed by atoms with Gasteiger partial charge in [-0.3, -0.25) is 14.5 Å². The fourth-order valence-corrected chi connectivity index (χ4v) is 5.18. The summed E-state index contributed by atoms with van der Waals surface area (Å²) in [6.07, 6.45) is 1.36. The van der Waals surface area contributed by atoms with Gasteiger partial charge in [-0.2, -0.15) is 0 Å². The Labute approximate surface area is 250 Å². The molecule has 0 bridgehead atoms. The van der Waals surface area contributed by atoms with Gasteiger partial charge in [0.15, 0.2) is 0 Å². The second-order valence-electron chi connectivity index (χ2n) is 12.5. The highest BCUT2D eigenvalue weighted by atomic mass is 16.5. The van der Waals surface area contributed by atoms with Gasteiger partial charge in [0, 0.05) is 12.1 Å². The summed E-state index contributed by atoms with van der Waals surface area (Å²) in [5.74, 6) is -0.671. The number of hydrogen-bond donors (Lipinski definition) is 4. The molecule has 1 aliphatic heterocycles. The average molecular weight is 581 g/mol. The van der Waals surface area contributed by atoms with Gasteiger partial charge in [0.1, 0.15) is 12.6 Å². The van der Waals surface area contributed by atoms with Crippen LogP contribution in [-0.2, 0) is 27.4 Å². The zero-order chi connectivity index (χ0) is 30.7. The SMILES string of the molecule is CC(C)[C@H](NC(=O)OCc1ccccc1)C(=O)NC(Cc1ccccc1)C(O)CN1CCCC[C@H]1C(=O)NC(C)(C)C. The molecule has 1 heterocycles. The number of carbonyl (C=O) groups is 3. The minimum Gasteiger partial charge on any atom is -0.445 e. The molecule has 3 rings (SSSR count). The number of benzene rings is 2. The van der Waals surface area contributed by atoms with Crippen molar-refractivity contribution in [3.8, 4) is 0 Å². The number of alkyl carbamates (subject to hydrolysis) is 1. The first-order chi connectivity index (χ1) is 19.9. The van der Waals surface area contributed by atoms with Crippen LogP contribution < -0.4 is 16.0 Å². The number of nitrogens with zero attached hydrogens (tertiary/aromatic N) is 1. The highest BCUT2D eigenvalue weighted by Gasteiger charge is 2.35. The molecule has 4 atom stereocenters. The van der Waals surface area contributed by atoms with Crippen molar-refractivity contribution in [2.45, 2.75) is 96.7 Å². The maximum atomic E-state index is 13.6. The number of β-amino-alcohol motifs (C(OH)–C–C–N with tert-alkyl or cyclic N) is 1. The Hall–Kier alpha value is -3.43. The lowest BCUT2D eigenvalue weighted by molar-refractivity contribution is -0.130. The second-order valence-corrected chi connectivity index (χ2v) is 12.5. The number of carbonyl (C=O) groups excluding carboxylic acids is 3. The Bertz CT molecular complexity index is 1140. The molecule has 1 fully saturated rings. The highest BCUT2D eigenvalue weighted by molar-refractivity contribution is 5.86. The minimum atomic E-state index is -0.949. The molecule has 2 unspecified atom stereocenters. The monoisotopic (exact) mass is 580 g/mol. The summed E-state index contributed by atoms with van der Waals surface area (Å²) >= 11 is 0. The van der Waals surface area contributed by atoms with Crippen molar-refractivity contribution in [3.05, 3.63) is 71.8 Å². The second kappa shape index (κ2) is 15.7. The van der Waals surface area contributed by atoms with Gasteiger partial charge in [-0.15, -0.1) is 0 Å². The van der Waals surface area contributed by atoms with Crippen molar-refractivity contribution < 1.29 is 24.2 Å². The summed E-state index contributed by atoms with van der Waals surface area (Å²) in [6.45, 7) is 10.6. The molecule has 0 radical (unpaired) electrons. The van der Waals surface area contributed by atoms with E-state index in [0.717, 1.165) is 30.4 Å². The number of rotatable bonds is 12. The fourth-order valence-electron chi connectivity index (χ4n) is 5.18. The molecule has 230 valence electrons.